The predicted molar refractivity (Wildman–Crippen MR) is 116 cm³/mol. The van der Waals surface area contributed by atoms with Crippen LogP contribution in [0.3, 0.4) is 0 Å². The van der Waals surface area contributed by atoms with Crippen molar-refractivity contribution in [1.82, 2.24) is 4.98 Å². The molecular weight excluding hydrogens is 423 g/mol. The summed E-state index contributed by atoms with van der Waals surface area (Å²) in [4.78, 5) is 28.7. The molecule has 0 fully saturated rings. The number of carbonyl (C=O) groups excluding carboxylic acids is 2. The van der Waals surface area contributed by atoms with Crippen molar-refractivity contribution in [3.05, 3.63) is 53.3 Å². The Labute approximate surface area is 181 Å². The first-order chi connectivity index (χ1) is 14.6. The number of ether oxygens (including phenoxy) is 2. The first kappa shape index (κ1) is 22.2. The molecule has 0 atom stereocenters. The van der Waals surface area contributed by atoms with E-state index in [2.05, 4.69) is 10.3 Å². The monoisotopic (exact) mass is 444 g/mol. The Morgan fingerprint density at radius 1 is 1.23 bits per heavy atom. The predicted octanol–water partition coefficient (Wildman–Crippen LogP) is 3.55. The van der Waals surface area contributed by atoms with Gasteiger partial charge in [-0.1, -0.05) is 11.3 Å². The van der Waals surface area contributed by atoms with Crippen molar-refractivity contribution in [3.63, 3.8) is 0 Å². The van der Waals surface area contributed by atoms with Crippen LogP contribution in [-0.2, 0) is 9.53 Å². The number of halogens is 1. The molecule has 10 heteroatoms. The lowest BCUT2D eigenvalue weighted by atomic mass is 9.94. The number of carbonyl (C=O) groups is 2. The minimum atomic E-state index is -0.792. The molecule has 162 valence electrons. The van der Waals surface area contributed by atoms with Gasteiger partial charge in [-0.25, -0.2) is 14.2 Å². The molecule has 0 aliphatic heterocycles. The van der Waals surface area contributed by atoms with Crippen molar-refractivity contribution in [3.8, 4) is 5.75 Å². The van der Waals surface area contributed by atoms with Crippen molar-refractivity contribution < 1.29 is 23.5 Å². The van der Waals surface area contributed by atoms with Gasteiger partial charge in [0.1, 0.15) is 5.84 Å². The van der Waals surface area contributed by atoms with Crippen LogP contribution in [-0.4, -0.2) is 36.4 Å². The maximum absolute atomic E-state index is 14.1. The maximum Gasteiger partial charge on any atom is 0.343 e. The van der Waals surface area contributed by atoms with E-state index >= 15 is 0 Å². The highest BCUT2D eigenvalue weighted by Crippen LogP contribution is 2.29. The average molecular weight is 444 g/mol. The normalized spacial score (nSPS) is 11.2. The van der Waals surface area contributed by atoms with Gasteiger partial charge in [0.2, 0.25) is 0 Å². The Hall–Kier alpha value is -3.53. The molecule has 1 aromatic heterocycles. The third-order valence-corrected chi connectivity index (χ3v) is 5.47. The molecule has 3 rings (SSSR count). The van der Waals surface area contributed by atoms with Gasteiger partial charge in [0.15, 0.2) is 16.7 Å². The Morgan fingerprint density at radius 2 is 1.94 bits per heavy atom. The smallest absolute Gasteiger partial charge is 0.343 e. The fourth-order valence-electron chi connectivity index (χ4n) is 2.68. The van der Waals surface area contributed by atoms with Crippen LogP contribution in [0.15, 0.2) is 36.4 Å². The van der Waals surface area contributed by atoms with Gasteiger partial charge in [-0.2, -0.15) is 0 Å². The number of anilines is 1. The number of esters is 2. The van der Waals surface area contributed by atoms with Gasteiger partial charge < -0.3 is 20.5 Å². The van der Waals surface area contributed by atoms with Crippen molar-refractivity contribution in [2.24, 2.45) is 11.1 Å². The zero-order valence-corrected chi connectivity index (χ0v) is 17.9. The van der Waals surface area contributed by atoms with Gasteiger partial charge in [-0.3, -0.25) is 10.2 Å². The van der Waals surface area contributed by atoms with Crippen molar-refractivity contribution >= 4 is 44.5 Å². The summed E-state index contributed by atoms with van der Waals surface area (Å²) < 4.78 is 24.8. The Balaban J connectivity index is 1.74. The highest BCUT2D eigenvalue weighted by Gasteiger charge is 2.28. The number of nitrogens with one attached hydrogen (secondary N) is 2. The number of thiazole rings is 1. The first-order valence-corrected chi connectivity index (χ1v) is 10.0. The summed E-state index contributed by atoms with van der Waals surface area (Å²) >= 11 is 1.31. The number of nitrogens with zero attached hydrogens (tertiary/aromatic N) is 1. The summed E-state index contributed by atoms with van der Waals surface area (Å²) in [5.74, 6) is -2.40. The summed E-state index contributed by atoms with van der Waals surface area (Å²) in [6.07, 6.45) is 0. The minimum absolute atomic E-state index is 0.193. The highest BCUT2D eigenvalue weighted by molar-refractivity contribution is 7.22. The molecule has 31 heavy (non-hydrogen) atoms. The lowest BCUT2D eigenvalue weighted by Gasteiger charge is -2.21. The molecule has 0 bridgehead atoms. The van der Waals surface area contributed by atoms with Gasteiger partial charge in [0, 0.05) is 12.1 Å². The van der Waals surface area contributed by atoms with E-state index < -0.39 is 17.2 Å². The molecule has 0 amide bonds. The van der Waals surface area contributed by atoms with Crippen molar-refractivity contribution in [2.45, 2.75) is 13.8 Å². The summed E-state index contributed by atoms with van der Waals surface area (Å²) in [5, 5.41) is 11.0. The Bertz CT molecular complexity index is 1180. The van der Waals surface area contributed by atoms with E-state index in [-0.39, 0.29) is 28.7 Å². The van der Waals surface area contributed by atoms with E-state index in [0.29, 0.717) is 17.2 Å². The van der Waals surface area contributed by atoms with E-state index in [1.165, 1.54) is 36.6 Å². The van der Waals surface area contributed by atoms with Crippen LogP contribution >= 0.6 is 11.3 Å². The summed E-state index contributed by atoms with van der Waals surface area (Å²) in [5.41, 5.74) is 5.68. The van der Waals surface area contributed by atoms with E-state index in [9.17, 15) is 14.0 Å². The number of nitrogen functional groups attached to an aromatic ring is 1. The third-order valence-electron chi connectivity index (χ3n) is 4.49. The topological polar surface area (TPSA) is 127 Å². The van der Waals surface area contributed by atoms with Gasteiger partial charge in [-0.05, 0) is 50.2 Å². The zero-order valence-electron chi connectivity index (χ0n) is 17.1. The van der Waals surface area contributed by atoms with E-state index in [0.717, 1.165) is 10.8 Å². The summed E-state index contributed by atoms with van der Waals surface area (Å²) in [6.45, 7) is 3.84. The molecule has 0 aliphatic rings. The zero-order chi connectivity index (χ0) is 22.8. The molecule has 0 unspecified atom stereocenters. The lowest BCUT2D eigenvalue weighted by Crippen LogP contribution is -2.33. The molecule has 0 spiro atoms. The Morgan fingerprint density at radius 3 is 2.58 bits per heavy atom. The van der Waals surface area contributed by atoms with E-state index in [1.54, 1.807) is 26.0 Å². The molecule has 0 saturated carbocycles. The number of hydrogen-bond acceptors (Lipinski definition) is 8. The van der Waals surface area contributed by atoms with Gasteiger partial charge in [-0.15, -0.1) is 0 Å². The number of hydrogen-bond donors (Lipinski definition) is 3. The number of fused-ring (bicyclic) bond motifs is 1. The number of rotatable bonds is 7. The number of nitrogens with two attached hydrogens (primary N) is 1. The number of methoxy groups -OCH3 is 1. The second-order valence-electron chi connectivity index (χ2n) is 7.38. The quantitative estimate of drug-likeness (QED) is 0.220. The number of aromatic nitrogens is 1. The number of benzene rings is 2. The SMILES string of the molecule is COC(=O)C(C)(C)CNc1nc2ccc(C(=O)Oc3ccc(C(=N)N)cc3F)cc2s1. The summed E-state index contributed by atoms with van der Waals surface area (Å²) in [6, 6.07) is 8.48. The highest BCUT2D eigenvalue weighted by atomic mass is 32.1. The van der Waals surface area contributed by atoms with Gasteiger partial charge >= 0.3 is 11.9 Å². The van der Waals surface area contributed by atoms with E-state index in [1.807, 2.05) is 0 Å². The molecule has 1 heterocycles. The molecule has 2 aromatic carbocycles. The van der Waals surface area contributed by atoms with Crippen LogP contribution in [0.25, 0.3) is 10.2 Å². The summed E-state index contributed by atoms with van der Waals surface area (Å²) in [7, 11) is 1.34. The second kappa shape index (κ2) is 8.68. The van der Waals surface area contributed by atoms with E-state index in [4.69, 9.17) is 20.6 Å². The van der Waals surface area contributed by atoms with Crippen molar-refractivity contribution in [2.75, 3.05) is 19.0 Å². The second-order valence-corrected chi connectivity index (χ2v) is 8.41. The lowest BCUT2D eigenvalue weighted by molar-refractivity contribution is -0.149. The van der Waals surface area contributed by atoms with Crippen LogP contribution in [0.1, 0.15) is 29.8 Å². The molecule has 0 aliphatic carbocycles. The molecule has 8 nitrogen and oxygen atoms in total. The minimum Gasteiger partial charge on any atom is -0.469 e. The molecule has 4 N–H and O–H groups in total. The maximum atomic E-state index is 14.1. The third kappa shape index (κ3) is 4.97. The fraction of sp³-hybridized carbons (Fsp3) is 0.238. The number of amidine groups is 1. The average Bonchev–Trinajstić information content (AvgIpc) is 3.15. The van der Waals surface area contributed by atoms with Crippen LogP contribution in [0.2, 0.25) is 0 Å². The molecular formula is C21H21FN4O4S. The van der Waals surface area contributed by atoms with Gasteiger partial charge in [0.25, 0.3) is 0 Å². The van der Waals surface area contributed by atoms with Gasteiger partial charge in [0.05, 0.1) is 28.3 Å². The van der Waals surface area contributed by atoms with Crippen LogP contribution in [0.5, 0.6) is 5.75 Å². The van der Waals surface area contributed by atoms with Crippen LogP contribution in [0, 0.1) is 16.6 Å². The van der Waals surface area contributed by atoms with Crippen molar-refractivity contribution in [1.29, 1.82) is 5.41 Å². The largest absolute Gasteiger partial charge is 0.469 e. The fourth-order valence-corrected chi connectivity index (χ4v) is 3.58. The molecule has 0 saturated heterocycles. The standard InChI is InChI=1S/C21H21FN4O4S/c1-21(2,19(28)29-3)10-25-20-26-14-6-4-12(9-16(14)31-20)18(27)30-15-7-5-11(17(23)24)8-13(15)22/h4-9H,10H2,1-3H3,(H3,23,24)(H,25,26). The molecule has 3 aromatic rings. The molecule has 0 radical (unpaired) electrons. The van der Waals surface area contributed by atoms with Crippen LogP contribution < -0.4 is 15.8 Å². The Kier molecular flexibility index (Phi) is 6.21. The van der Waals surface area contributed by atoms with Crippen LogP contribution in [0.4, 0.5) is 9.52 Å². The first-order valence-electron chi connectivity index (χ1n) is 9.20.